The van der Waals surface area contributed by atoms with Crippen LogP contribution in [0.4, 0.5) is 0 Å². The molecule has 1 aliphatic rings. The van der Waals surface area contributed by atoms with E-state index in [2.05, 4.69) is 41.6 Å². The summed E-state index contributed by atoms with van der Waals surface area (Å²) in [4.78, 5) is 15.7. The van der Waals surface area contributed by atoms with Crippen LogP contribution in [-0.4, -0.2) is 17.4 Å². The zero-order valence-corrected chi connectivity index (χ0v) is 12.5. The maximum absolute atomic E-state index is 12.4. The Morgan fingerprint density at radius 3 is 3.05 bits per heavy atom. The van der Waals surface area contributed by atoms with Gasteiger partial charge in [0.15, 0.2) is 0 Å². The largest absolute Gasteiger partial charge is 0.361 e. The predicted molar refractivity (Wildman–Crippen MR) is 87.1 cm³/mol. The predicted octanol–water partition coefficient (Wildman–Crippen LogP) is 3.80. The Kier molecular flexibility index (Phi) is 4.09. The Morgan fingerprint density at radius 1 is 1.29 bits per heavy atom. The molecule has 0 saturated carbocycles. The van der Waals surface area contributed by atoms with E-state index < -0.39 is 0 Å². The van der Waals surface area contributed by atoms with E-state index in [1.807, 2.05) is 6.07 Å². The van der Waals surface area contributed by atoms with E-state index in [4.69, 9.17) is 0 Å². The third-order valence-corrected chi connectivity index (χ3v) is 4.16. The molecule has 1 aromatic carbocycles. The zero-order chi connectivity index (χ0) is 14.7. The van der Waals surface area contributed by atoms with Gasteiger partial charge in [-0.3, -0.25) is 4.79 Å². The molecule has 2 aromatic rings. The lowest BCUT2D eigenvalue weighted by molar-refractivity contribution is -0.115. The van der Waals surface area contributed by atoms with E-state index >= 15 is 0 Å². The molecule has 0 atom stereocenters. The normalized spacial score (nSPS) is 16.8. The van der Waals surface area contributed by atoms with Crippen LogP contribution in [0, 0.1) is 0 Å². The average molecular weight is 282 g/mol. The van der Waals surface area contributed by atoms with Crippen molar-refractivity contribution in [2.45, 2.75) is 39.0 Å². The van der Waals surface area contributed by atoms with Crippen molar-refractivity contribution >= 4 is 22.4 Å². The first-order valence-corrected chi connectivity index (χ1v) is 7.89. The number of amides is 1. The third kappa shape index (κ3) is 2.73. The van der Waals surface area contributed by atoms with Gasteiger partial charge in [0.1, 0.15) is 0 Å². The van der Waals surface area contributed by atoms with Crippen LogP contribution in [0.2, 0.25) is 0 Å². The molecule has 3 nitrogen and oxygen atoms in total. The van der Waals surface area contributed by atoms with E-state index in [-0.39, 0.29) is 5.91 Å². The molecule has 0 spiro atoms. The molecule has 0 saturated heterocycles. The van der Waals surface area contributed by atoms with Gasteiger partial charge in [0.2, 0.25) is 0 Å². The van der Waals surface area contributed by atoms with Gasteiger partial charge < -0.3 is 10.3 Å². The summed E-state index contributed by atoms with van der Waals surface area (Å²) in [5, 5.41) is 4.24. The summed E-state index contributed by atoms with van der Waals surface area (Å²) in [7, 11) is 0. The Hall–Kier alpha value is -2.03. The molecule has 0 unspecified atom stereocenters. The smallest absolute Gasteiger partial charge is 0.251 e. The highest BCUT2D eigenvalue weighted by Gasteiger charge is 2.19. The van der Waals surface area contributed by atoms with Gasteiger partial charge in [-0.1, -0.05) is 38.0 Å². The highest BCUT2D eigenvalue weighted by atomic mass is 16.1. The number of nitrogens with one attached hydrogen (secondary N) is 2. The first kappa shape index (κ1) is 13.9. The first-order valence-electron chi connectivity index (χ1n) is 7.89. The van der Waals surface area contributed by atoms with Crippen molar-refractivity contribution in [2.75, 3.05) is 6.54 Å². The molecule has 1 aromatic heterocycles. The number of carbonyl (C=O) groups is 1. The van der Waals surface area contributed by atoms with Gasteiger partial charge in [0.05, 0.1) is 0 Å². The molecule has 3 heteroatoms. The van der Waals surface area contributed by atoms with Crippen LogP contribution in [-0.2, 0) is 11.2 Å². The minimum atomic E-state index is 0.0610. The highest BCUT2D eigenvalue weighted by Crippen LogP contribution is 2.30. The number of rotatable bonds is 4. The van der Waals surface area contributed by atoms with E-state index in [1.165, 1.54) is 23.8 Å². The topological polar surface area (TPSA) is 44.9 Å². The van der Waals surface area contributed by atoms with Gasteiger partial charge in [-0.25, -0.2) is 0 Å². The van der Waals surface area contributed by atoms with Gasteiger partial charge in [-0.2, -0.15) is 0 Å². The van der Waals surface area contributed by atoms with Gasteiger partial charge in [-0.05, 0) is 36.5 Å². The van der Waals surface area contributed by atoms with Crippen molar-refractivity contribution in [1.82, 2.24) is 10.3 Å². The summed E-state index contributed by atoms with van der Waals surface area (Å²) >= 11 is 0. The number of hydrogen-bond donors (Lipinski definition) is 2. The fourth-order valence-electron chi connectivity index (χ4n) is 3.05. The number of carbonyl (C=O) groups excluding carboxylic acids is 1. The minimum absolute atomic E-state index is 0.0610. The molecule has 3 rings (SSSR count). The van der Waals surface area contributed by atoms with Crippen LogP contribution in [0.5, 0.6) is 0 Å². The van der Waals surface area contributed by atoms with Gasteiger partial charge in [0, 0.05) is 29.2 Å². The number of aromatic nitrogens is 1. The second-order valence-corrected chi connectivity index (χ2v) is 5.66. The van der Waals surface area contributed by atoms with Gasteiger partial charge in [0.25, 0.3) is 5.91 Å². The molecule has 1 amide bonds. The second-order valence-electron chi connectivity index (χ2n) is 5.66. The summed E-state index contributed by atoms with van der Waals surface area (Å²) in [5.41, 5.74) is 4.31. The molecule has 0 fully saturated rings. The molecule has 0 radical (unpaired) electrons. The summed E-state index contributed by atoms with van der Waals surface area (Å²) in [6.45, 7) is 2.90. The van der Waals surface area contributed by atoms with Gasteiger partial charge in [-0.15, -0.1) is 0 Å². The number of benzene rings is 1. The molecule has 21 heavy (non-hydrogen) atoms. The van der Waals surface area contributed by atoms with Crippen LogP contribution in [0.3, 0.4) is 0 Å². The van der Waals surface area contributed by atoms with Crippen LogP contribution < -0.4 is 5.32 Å². The molecule has 1 aliphatic heterocycles. The lowest BCUT2D eigenvalue weighted by atomic mass is 9.94. The summed E-state index contributed by atoms with van der Waals surface area (Å²) in [6, 6.07) is 6.17. The first-order chi connectivity index (χ1) is 10.3. The molecule has 2 heterocycles. The van der Waals surface area contributed by atoms with E-state index in [9.17, 15) is 4.79 Å². The number of unbranched alkanes of at least 4 members (excludes halogenated alkanes) is 3. The SMILES string of the molecule is CCCCC/C=C1\C(=O)NCCc2c[nH]c3cccc1c23. The Morgan fingerprint density at radius 2 is 2.19 bits per heavy atom. The highest BCUT2D eigenvalue weighted by molar-refractivity contribution is 6.23. The summed E-state index contributed by atoms with van der Waals surface area (Å²) < 4.78 is 0. The monoisotopic (exact) mass is 282 g/mol. The molecular weight excluding hydrogens is 260 g/mol. The fourth-order valence-corrected chi connectivity index (χ4v) is 3.05. The van der Waals surface area contributed by atoms with Crippen molar-refractivity contribution in [2.24, 2.45) is 0 Å². The van der Waals surface area contributed by atoms with E-state index in [0.29, 0.717) is 6.54 Å². The van der Waals surface area contributed by atoms with Crippen molar-refractivity contribution in [3.8, 4) is 0 Å². The van der Waals surface area contributed by atoms with Crippen LogP contribution >= 0.6 is 0 Å². The standard InChI is InChI=1S/C18H22N2O/c1-2-3-4-5-7-15-14-8-6-9-16-17(14)13(12-20-16)10-11-19-18(15)21/h6-9,12,20H,2-5,10-11H2,1H3,(H,19,21)/b15-7-. The third-order valence-electron chi connectivity index (χ3n) is 4.16. The minimum Gasteiger partial charge on any atom is -0.361 e. The summed E-state index contributed by atoms with van der Waals surface area (Å²) in [6.07, 6.45) is 9.59. The number of H-pyrrole nitrogens is 1. The van der Waals surface area contributed by atoms with Crippen molar-refractivity contribution in [1.29, 1.82) is 0 Å². The molecule has 110 valence electrons. The molecular formula is C18H22N2O. The molecule has 0 bridgehead atoms. The number of hydrogen-bond acceptors (Lipinski definition) is 1. The zero-order valence-electron chi connectivity index (χ0n) is 12.5. The lowest BCUT2D eigenvalue weighted by Gasteiger charge is -2.15. The lowest BCUT2D eigenvalue weighted by Crippen LogP contribution is -2.28. The Balaban J connectivity index is 2.05. The van der Waals surface area contributed by atoms with Crippen molar-refractivity contribution in [3.05, 3.63) is 41.6 Å². The molecule has 2 N–H and O–H groups in total. The van der Waals surface area contributed by atoms with Crippen molar-refractivity contribution in [3.63, 3.8) is 0 Å². The maximum Gasteiger partial charge on any atom is 0.251 e. The van der Waals surface area contributed by atoms with E-state index in [0.717, 1.165) is 35.9 Å². The average Bonchev–Trinajstić information content (AvgIpc) is 2.89. The Bertz CT molecular complexity index is 682. The van der Waals surface area contributed by atoms with Crippen molar-refractivity contribution < 1.29 is 4.79 Å². The second kappa shape index (κ2) is 6.17. The summed E-state index contributed by atoms with van der Waals surface area (Å²) in [5.74, 6) is 0.0610. The van der Waals surface area contributed by atoms with Crippen LogP contribution in [0.15, 0.2) is 30.5 Å². The van der Waals surface area contributed by atoms with E-state index in [1.54, 1.807) is 0 Å². The fraction of sp³-hybridized carbons (Fsp3) is 0.389. The van der Waals surface area contributed by atoms with Crippen LogP contribution in [0.25, 0.3) is 16.5 Å². The van der Waals surface area contributed by atoms with Gasteiger partial charge >= 0.3 is 0 Å². The van der Waals surface area contributed by atoms with Crippen LogP contribution in [0.1, 0.15) is 43.7 Å². The quantitative estimate of drug-likeness (QED) is 0.650. The Labute approximate surface area is 125 Å². The molecule has 0 aliphatic carbocycles. The maximum atomic E-state index is 12.4. The number of allylic oxidation sites excluding steroid dienone is 1. The number of aromatic amines is 1.